The highest BCUT2D eigenvalue weighted by Gasteiger charge is 2.60. The molecule has 0 saturated heterocycles. The first-order chi connectivity index (χ1) is 12.8. The Kier molecular flexibility index (Phi) is 4.05. The topological polar surface area (TPSA) is 96.4 Å². The third-order valence-electron chi connectivity index (χ3n) is 6.83. The minimum absolute atomic E-state index is 0.0234. The van der Waals surface area contributed by atoms with Crippen molar-refractivity contribution in [1.29, 1.82) is 0 Å². The van der Waals surface area contributed by atoms with E-state index < -0.39 is 11.9 Å². The van der Waals surface area contributed by atoms with E-state index >= 15 is 0 Å². The van der Waals surface area contributed by atoms with Crippen molar-refractivity contribution >= 4 is 28.5 Å². The maximum atomic E-state index is 12.2. The Labute approximate surface area is 157 Å². The molecule has 1 aromatic carbocycles. The lowest BCUT2D eigenvalue weighted by Gasteiger charge is -2.34. The van der Waals surface area contributed by atoms with Crippen molar-refractivity contribution in [2.75, 3.05) is 6.61 Å². The monoisotopic (exact) mass is 368 g/mol. The van der Waals surface area contributed by atoms with E-state index in [1.165, 1.54) is 6.42 Å². The maximum absolute atomic E-state index is 12.2. The molecule has 2 bridgehead atoms. The van der Waals surface area contributed by atoms with Crippen LogP contribution in [0.15, 0.2) is 29.4 Å². The van der Waals surface area contributed by atoms with Gasteiger partial charge in [0.2, 0.25) is 0 Å². The predicted octanol–water partition coefficient (Wildman–Crippen LogP) is 3.04. The fraction of sp³-hybridized carbons (Fsp3) is 0.500. The number of para-hydroxylation sites is 1. The predicted molar refractivity (Wildman–Crippen MR) is 101 cm³/mol. The summed E-state index contributed by atoms with van der Waals surface area (Å²) in [7, 11) is 0. The van der Waals surface area contributed by atoms with E-state index in [2.05, 4.69) is 41.5 Å². The van der Waals surface area contributed by atoms with Gasteiger partial charge in [0.15, 0.2) is 12.3 Å². The molecule has 7 nitrogen and oxygen atoms in total. The summed E-state index contributed by atoms with van der Waals surface area (Å²) in [5, 5.41) is 11.8. The van der Waals surface area contributed by atoms with Crippen molar-refractivity contribution in [3.63, 3.8) is 0 Å². The summed E-state index contributed by atoms with van der Waals surface area (Å²) in [6.45, 7) is 6.41. The molecule has 1 heterocycles. The van der Waals surface area contributed by atoms with E-state index in [4.69, 9.17) is 4.74 Å². The summed E-state index contributed by atoms with van der Waals surface area (Å²) in [6.07, 6.45) is 3.23. The lowest BCUT2D eigenvalue weighted by molar-refractivity contribution is -0.124. The second-order valence-corrected chi connectivity index (χ2v) is 8.28. The van der Waals surface area contributed by atoms with Crippen molar-refractivity contribution in [2.24, 2.45) is 21.8 Å². The SMILES string of the molecule is CC12CCC(C/C1=N/NC(=O)COC(=O)c1n[nH]c3ccccc13)C2(C)C. The normalized spacial score (nSPS) is 27.2. The Morgan fingerprint density at radius 1 is 1.33 bits per heavy atom. The first-order valence-corrected chi connectivity index (χ1v) is 9.29. The summed E-state index contributed by atoms with van der Waals surface area (Å²) in [6, 6.07) is 7.26. The zero-order chi connectivity index (χ0) is 19.2. The summed E-state index contributed by atoms with van der Waals surface area (Å²) in [5.41, 5.74) is 4.74. The number of H-pyrrole nitrogens is 1. The third kappa shape index (κ3) is 2.72. The van der Waals surface area contributed by atoms with Gasteiger partial charge in [0.05, 0.1) is 5.52 Å². The van der Waals surface area contributed by atoms with Gasteiger partial charge in [-0.1, -0.05) is 39.0 Å². The van der Waals surface area contributed by atoms with Gasteiger partial charge in [0.1, 0.15) is 0 Å². The molecule has 1 aromatic heterocycles. The Hall–Kier alpha value is -2.70. The van der Waals surface area contributed by atoms with Crippen molar-refractivity contribution in [2.45, 2.75) is 40.0 Å². The average Bonchev–Trinajstić information content (AvgIpc) is 3.23. The van der Waals surface area contributed by atoms with Crippen LogP contribution in [0.1, 0.15) is 50.5 Å². The van der Waals surface area contributed by atoms with Crippen LogP contribution in [0, 0.1) is 16.7 Å². The highest BCUT2D eigenvalue weighted by molar-refractivity contribution is 6.02. The first kappa shape index (κ1) is 17.7. The molecule has 2 atom stereocenters. The van der Waals surface area contributed by atoms with Gasteiger partial charge in [0, 0.05) is 16.5 Å². The molecule has 4 rings (SSSR count). The van der Waals surface area contributed by atoms with Crippen LogP contribution in [0.5, 0.6) is 0 Å². The van der Waals surface area contributed by atoms with Gasteiger partial charge >= 0.3 is 5.97 Å². The van der Waals surface area contributed by atoms with Gasteiger partial charge in [-0.3, -0.25) is 9.89 Å². The minimum atomic E-state index is -0.636. The summed E-state index contributed by atoms with van der Waals surface area (Å²) >= 11 is 0. The molecular weight excluding hydrogens is 344 g/mol. The van der Waals surface area contributed by atoms with Crippen molar-refractivity contribution in [3.8, 4) is 0 Å². The number of benzene rings is 1. The van der Waals surface area contributed by atoms with E-state index in [9.17, 15) is 9.59 Å². The van der Waals surface area contributed by atoms with E-state index in [0.717, 1.165) is 24.1 Å². The van der Waals surface area contributed by atoms with Crippen LogP contribution in [-0.4, -0.2) is 34.4 Å². The smallest absolute Gasteiger partial charge is 0.359 e. The number of esters is 1. The molecule has 2 aliphatic rings. The van der Waals surface area contributed by atoms with E-state index in [1.807, 2.05) is 18.2 Å². The lowest BCUT2D eigenvalue weighted by Crippen LogP contribution is -2.35. The molecule has 7 heteroatoms. The Morgan fingerprint density at radius 3 is 2.81 bits per heavy atom. The number of nitrogens with zero attached hydrogens (tertiary/aromatic N) is 2. The molecule has 2 aromatic rings. The minimum Gasteiger partial charge on any atom is -0.451 e. The van der Waals surface area contributed by atoms with Crippen LogP contribution in [0.3, 0.4) is 0 Å². The molecule has 2 unspecified atom stereocenters. The number of carbonyl (C=O) groups is 2. The Balaban J connectivity index is 1.36. The summed E-state index contributed by atoms with van der Waals surface area (Å²) < 4.78 is 5.10. The van der Waals surface area contributed by atoms with Crippen LogP contribution in [-0.2, 0) is 9.53 Å². The Bertz CT molecular complexity index is 946. The first-order valence-electron chi connectivity index (χ1n) is 9.29. The number of carbonyl (C=O) groups excluding carboxylic acids is 2. The van der Waals surface area contributed by atoms with Crippen molar-refractivity contribution in [1.82, 2.24) is 15.6 Å². The highest BCUT2D eigenvalue weighted by Crippen LogP contribution is 2.63. The number of ether oxygens (including phenoxy) is 1. The standard InChI is InChI=1S/C20H24N4O3/c1-19(2)12-8-9-20(19,3)15(10-12)22-23-16(25)11-27-18(26)17-13-6-4-5-7-14(13)21-24-17/h4-7,12H,8-11H2,1-3H3,(H,21,24)(H,23,25)/b22-15-. The van der Waals surface area contributed by atoms with Crippen molar-refractivity contribution in [3.05, 3.63) is 30.0 Å². The molecule has 2 N–H and O–H groups in total. The summed E-state index contributed by atoms with van der Waals surface area (Å²) in [5.74, 6) is -0.466. The zero-order valence-electron chi connectivity index (χ0n) is 15.8. The molecule has 0 aliphatic heterocycles. The van der Waals surface area contributed by atoms with Crippen LogP contribution >= 0.6 is 0 Å². The number of hydrogen-bond acceptors (Lipinski definition) is 5. The zero-order valence-corrected chi connectivity index (χ0v) is 15.8. The molecule has 1 amide bonds. The number of nitrogens with one attached hydrogen (secondary N) is 2. The van der Waals surface area contributed by atoms with Crippen LogP contribution in [0.4, 0.5) is 0 Å². The van der Waals surface area contributed by atoms with Crippen LogP contribution in [0.25, 0.3) is 10.9 Å². The summed E-state index contributed by atoms with van der Waals surface area (Å²) in [4.78, 5) is 24.3. The Morgan fingerprint density at radius 2 is 2.11 bits per heavy atom. The van der Waals surface area contributed by atoms with E-state index in [-0.39, 0.29) is 23.1 Å². The molecule has 0 spiro atoms. The molecule has 2 aliphatic carbocycles. The number of hydrogen-bond donors (Lipinski definition) is 2. The number of hydrazone groups is 1. The van der Waals surface area contributed by atoms with Gasteiger partial charge in [-0.15, -0.1) is 0 Å². The number of rotatable bonds is 4. The van der Waals surface area contributed by atoms with E-state index in [1.54, 1.807) is 6.07 Å². The fourth-order valence-corrected chi connectivity index (χ4v) is 4.58. The molecule has 27 heavy (non-hydrogen) atoms. The second kappa shape index (κ2) is 6.18. The average molecular weight is 368 g/mol. The van der Waals surface area contributed by atoms with Gasteiger partial charge in [-0.05, 0) is 36.7 Å². The number of aromatic nitrogens is 2. The van der Waals surface area contributed by atoms with Gasteiger partial charge in [-0.2, -0.15) is 10.2 Å². The molecule has 2 saturated carbocycles. The van der Waals surface area contributed by atoms with Crippen molar-refractivity contribution < 1.29 is 14.3 Å². The van der Waals surface area contributed by atoms with Gasteiger partial charge < -0.3 is 4.74 Å². The maximum Gasteiger partial charge on any atom is 0.359 e. The fourth-order valence-electron chi connectivity index (χ4n) is 4.58. The lowest BCUT2D eigenvalue weighted by atomic mass is 9.70. The van der Waals surface area contributed by atoms with Crippen LogP contribution < -0.4 is 5.43 Å². The third-order valence-corrected chi connectivity index (χ3v) is 6.83. The number of amides is 1. The molecular formula is C20H24N4O3. The number of aromatic amines is 1. The van der Waals surface area contributed by atoms with E-state index in [0.29, 0.717) is 11.3 Å². The molecule has 142 valence electrons. The van der Waals surface area contributed by atoms with Gasteiger partial charge in [0.25, 0.3) is 5.91 Å². The largest absolute Gasteiger partial charge is 0.451 e. The quantitative estimate of drug-likeness (QED) is 0.640. The van der Waals surface area contributed by atoms with Crippen LogP contribution in [0.2, 0.25) is 0 Å². The second-order valence-electron chi connectivity index (χ2n) is 8.28. The van der Waals surface area contributed by atoms with Gasteiger partial charge in [-0.25, -0.2) is 10.2 Å². The molecule has 2 fully saturated rings. The molecule has 0 radical (unpaired) electrons. The number of fused-ring (bicyclic) bond motifs is 3. The highest BCUT2D eigenvalue weighted by atomic mass is 16.5.